The van der Waals surface area contributed by atoms with Crippen LogP contribution in [0.2, 0.25) is 0 Å². The molecular formula is C18H26N4O3. The maximum atomic E-state index is 12.8. The Hall–Kier alpha value is -2.57. The van der Waals surface area contributed by atoms with Crippen LogP contribution in [0.1, 0.15) is 48.3 Å². The molecule has 0 aliphatic rings. The van der Waals surface area contributed by atoms with Crippen LogP contribution in [0.4, 0.5) is 0 Å². The number of nitrogens with one attached hydrogen (secondary N) is 1. The van der Waals surface area contributed by atoms with Crippen molar-refractivity contribution in [3.05, 3.63) is 34.8 Å². The molecule has 0 saturated carbocycles. The first-order valence-corrected chi connectivity index (χ1v) is 8.18. The van der Waals surface area contributed by atoms with Gasteiger partial charge in [-0.25, -0.2) is 0 Å². The van der Waals surface area contributed by atoms with E-state index in [-0.39, 0.29) is 23.9 Å². The van der Waals surface area contributed by atoms with Gasteiger partial charge in [0, 0.05) is 30.0 Å². The second kappa shape index (κ2) is 6.74. The first-order valence-electron chi connectivity index (χ1n) is 8.18. The molecule has 0 aliphatic heterocycles. The first kappa shape index (κ1) is 18.8. The van der Waals surface area contributed by atoms with Crippen LogP contribution in [-0.2, 0) is 4.79 Å². The summed E-state index contributed by atoms with van der Waals surface area (Å²) < 4.78 is 6.99. The fourth-order valence-corrected chi connectivity index (χ4v) is 2.74. The predicted octanol–water partition coefficient (Wildman–Crippen LogP) is 2.38. The molecule has 7 nitrogen and oxygen atoms in total. The summed E-state index contributed by atoms with van der Waals surface area (Å²) in [5.74, 6) is 0.943. The molecule has 2 heterocycles. The van der Waals surface area contributed by atoms with Crippen LogP contribution in [-0.4, -0.2) is 45.6 Å². The number of hydrogen-bond donors (Lipinski definition) is 1. The molecule has 7 heteroatoms. The molecule has 2 amide bonds. The Morgan fingerprint density at radius 1 is 1.24 bits per heavy atom. The lowest BCUT2D eigenvalue weighted by molar-refractivity contribution is -0.122. The summed E-state index contributed by atoms with van der Waals surface area (Å²) in [5, 5.41) is 6.87. The summed E-state index contributed by atoms with van der Waals surface area (Å²) >= 11 is 0. The number of aromatic nitrogens is 2. The Morgan fingerprint density at radius 3 is 2.40 bits per heavy atom. The van der Waals surface area contributed by atoms with Crippen molar-refractivity contribution in [3.63, 3.8) is 0 Å². The minimum atomic E-state index is -0.332. The van der Waals surface area contributed by atoms with E-state index in [9.17, 15) is 9.59 Å². The normalized spacial score (nSPS) is 11.5. The van der Waals surface area contributed by atoms with Crippen molar-refractivity contribution < 1.29 is 14.1 Å². The molecule has 0 aromatic carbocycles. The third kappa shape index (κ3) is 4.29. The Labute approximate surface area is 148 Å². The quantitative estimate of drug-likeness (QED) is 0.922. The number of carbonyl (C=O) groups is 2. The summed E-state index contributed by atoms with van der Waals surface area (Å²) in [5.41, 5.74) is 1.85. The molecule has 1 N–H and O–H groups in total. The fraction of sp³-hybridized carbons (Fsp3) is 0.500. The number of amides is 2. The molecule has 2 aromatic heterocycles. The lowest BCUT2D eigenvalue weighted by atomic mass is 10.1. The van der Waals surface area contributed by atoms with E-state index in [2.05, 4.69) is 10.5 Å². The number of carbonyl (C=O) groups excluding carboxylic acids is 2. The molecule has 2 rings (SSSR count). The van der Waals surface area contributed by atoms with E-state index in [0.717, 1.165) is 11.4 Å². The number of hydrogen-bond acceptors (Lipinski definition) is 4. The smallest absolute Gasteiger partial charge is 0.255 e. The van der Waals surface area contributed by atoms with E-state index in [1.807, 2.05) is 52.2 Å². The zero-order valence-corrected chi connectivity index (χ0v) is 15.9. The molecule has 0 fully saturated rings. The highest BCUT2D eigenvalue weighted by Gasteiger charge is 2.23. The van der Waals surface area contributed by atoms with E-state index >= 15 is 0 Å². The second-order valence-electron chi connectivity index (χ2n) is 7.38. The molecular weight excluding hydrogens is 320 g/mol. The zero-order chi connectivity index (χ0) is 18.9. The van der Waals surface area contributed by atoms with Crippen molar-refractivity contribution >= 4 is 11.8 Å². The molecule has 25 heavy (non-hydrogen) atoms. The summed E-state index contributed by atoms with van der Waals surface area (Å²) in [6, 6.07) is 3.62. The lowest BCUT2D eigenvalue weighted by Crippen LogP contribution is -2.46. The van der Waals surface area contributed by atoms with E-state index in [4.69, 9.17) is 4.52 Å². The highest BCUT2D eigenvalue weighted by Crippen LogP contribution is 2.21. The van der Waals surface area contributed by atoms with Crippen molar-refractivity contribution in [2.45, 2.75) is 47.1 Å². The van der Waals surface area contributed by atoms with Gasteiger partial charge in [0.2, 0.25) is 5.91 Å². The van der Waals surface area contributed by atoms with Gasteiger partial charge in [-0.1, -0.05) is 5.16 Å². The third-order valence-corrected chi connectivity index (χ3v) is 3.75. The monoisotopic (exact) mass is 346 g/mol. The predicted molar refractivity (Wildman–Crippen MR) is 94.9 cm³/mol. The van der Waals surface area contributed by atoms with E-state index in [1.165, 1.54) is 4.90 Å². The van der Waals surface area contributed by atoms with Gasteiger partial charge in [-0.05, 0) is 47.6 Å². The minimum absolute atomic E-state index is 0.00282. The van der Waals surface area contributed by atoms with Gasteiger partial charge in [0.15, 0.2) is 5.82 Å². The Kier molecular flexibility index (Phi) is 5.06. The third-order valence-electron chi connectivity index (χ3n) is 3.75. The standard InChI is InChI=1S/C18H26N4O3/c1-11-8-14(13(3)22(11)15-9-12(2)25-20-15)17(24)21(7)10-16(23)19-18(4,5)6/h8-9H,10H2,1-7H3,(H,19,23). The van der Waals surface area contributed by atoms with Gasteiger partial charge in [-0.3, -0.25) is 14.2 Å². The number of rotatable bonds is 4. The lowest BCUT2D eigenvalue weighted by Gasteiger charge is -2.23. The first-order chi connectivity index (χ1) is 11.5. The molecule has 136 valence electrons. The largest absolute Gasteiger partial charge is 0.360 e. The highest BCUT2D eigenvalue weighted by atomic mass is 16.5. The number of nitrogens with zero attached hydrogens (tertiary/aromatic N) is 3. The maximum absolute atomic E-state index is 12.8. The van der Waals surface area contributed by atoms with Crippen LogP contribution in [0.15, 0.2) is 16.7 Å². The van der Waals surface area contributed by atoms with Crippen molar-refractivity contribution in [1.82, 2.24) is 19.9 Å². The highest BCUT2D eigenvalue weighted by molar-refractivity contribution is 5.97. The zero-order valence-electron chi connectivity index (χ0n) is 15.9. The van der Waals surface area contributed by atoms with E-state index in [1.54, 1.807) is 13.1 Å². The molecule has 0 spiro atoms. The maximum Gasteiger partial charge on any atom is 0.255 e. The molecule has 0 saturated heterocycles. The SMILES string of the molecule is Cc1cc(-n2c(C)cc(C(=O)N(C)CC(=O)NC(C)(C)C)c2C)no1. The van der Waals surface area contributed by atoms with Crippen LogP contribution >= 0.6 is 0 Å². The van der Waals surface area contributed by atoms with Gasteiger partial charge in [0.05, 0.1) is 12.1 Å². The minimum Gasteiger partial charge on any atom is -0.360 e. The van der Waals surface area contributed by atoms with Crippen molar-refractivity contribution in [3.8, 4) is 5.82 Å². The molecule has 0 aliphatic carbocycles. The molecule has 2 aromatic rings. The summed E-state index contributed by atoms with van der Waals surface area (Å²) in [4.78, 5) is 26.2. The van der Waals surface area contributed by atoms with Crippen LogP contribution in [0, 0.1) is 20.8 Å². The summed E-state index contributed by atoms with van der Waals surface area (Å²) in [6.07, 6.45) is 0. The summed E-state index contributed by atoms with van der Waals surface area (Å²) in [7, 11) is 1.62. The molecule has 0 bridgehead atoms. The van der Waals surface area contributed by atoms with E-state index in [0.29, 0.717) is 17.1 Å². The van der Waals surface area contributed by atoms with Crippen molar-refractivity contribution in [1.29, 1.82) is 0 Å². The molecule has 0 unspecified atom stereocenters. The molecule has 0 radical (unpaired) electrons. The number of aryl methyl sites for hydroxylation is 2. The van der Waals surface area contributed by atoms with Gasteiger partial charge >= 0.3 is 0 Å². The van der Waals surface area contributed by atoms with Gasteiger partial charge in [-0.15, -0.1) is 0 Å². The molecule has 0 atom stereocenters. The fourth-order valence-electron chi connectivity index (χ4n) is 2.74. The summed E-state index contributed by atoms with van der Waals surface area (Å²) in [6.45, 7) is 11.3. The van der Waals surface area contributed by atoms with Crippen LogP contribution < -0.4 is 5.32 Å². The Balaban J connectivity index is 2.21. The number of likely N-dealkylation sites (N-methyl/N-ethyl adjacent to an activating group) is 1. The van der Waals surface area contributed by atoms with Crippen LogP contribution in [0.5, 0.6) is 0 Å². The van der Waals surface area contributed by atoms with Crippen molar-refractivity contribution in [2.24, 2.45) is 0 Å². The van der Waals surface area contributed by atoms with Crippen LogP contribution in [0.3, 0.4) is 0 Å². The van der Waals surface area contributed by atoms with E-state index < -0.39 is 0 Å². The average molecular weight is 346 g/mol. The second-order valence-corrected chi connectivity index (χ2v) is 7.38. The average Bonchev–Trinajstić information content (AvgIpc) is 2.99. The van der Waals surface area contributed by atoms with Crippen molar-refractivity contribution in [2.75, 3.05) is 13.6 Å². The van der Waals surface area contributed by atoms with Gasteiger partial charge in [0.1, 0.15) is 5.76 Å². The van der Waals surface area contributed by atoms with Crippen LogP contribution in [0.25, 0.3) is 5.82 Å². The van der Waals surface area contributed by atoms with Gasteiger partial charge in [0.25, 0.3) is 5.91 Å². The van der Waals surface area contributed by atoms with Gasteiger partial charge < -0.3 is 14.7 Å². The Morgan fingerprint density at radius 2 is 1.88 bits per heavy atom. The van der Waals surface area contributed by atoms with Gasteiger partial charge in [-0.2, -0.15) is 0 Å². The topological polar surface area (TPSA) is 80.4 Å². The Bertz CT molecular complexity index is 796.